The number of methoxy groups -OCH3 is 3. The number of halogens is 3. The number of aromatic nitrogens is 3. The molecular formula is C30H29F3N6O9S. The maximum Gasteiger partial charge on any atom is 0.573 e. The fraction of sp³-hybridized carbons (Fsp3) is 0.267. The van der Waals surface area contributed by atoms with Gasteiger partial charge in [-0.3, -0.25) is 10.1 Å². The minimum atomic E-state index is -4.78. The number of hydrogen-bond acceptors (Lipinski definition) is 13. The third kappa shape index (κ3) is 9.52. The summed E-state index contributed by atoms with van der Waals surface area (Å²) in [6.07, 6.45) is -4.78. The van der Waals surface area contributed by atoms with Crippen molar-refractivity contribution in [2.75, 3.05) is 51.7 Å². The van der Waals surface area contributed by atoms with Crippen molar-refractivity contribution in [3.63, 3.8) is 0 Å². The number of carboxylic acid groups (broad SMARTS) is 1. The summed E-state index contributed by atoms with van der Waals surface area (Å²) in [7, 11) is 4.32. The van der Waals surface area contributed by atoms with Gasteiger partial charge in [0.1, 0.15) is 11.4 Å². The molecule has 0 spiro atoms. The molecule has 19 heteroatoms. The Bertz CT molecular complexity index is 1970. The Hall–Kier alpha value is -5.53. The molecule has 5 rings (SSSR count). The zero-order valence-corrected chi connectivity index (χ0v) is 26.9. The van der Waals surface area contributed by atoms with Crippen LogP contribution in [0.2, 0.25) is 0 Å². The normalized spacial score (nSPS) is 11.1. The van der Waals surface area contributed by atoms with E-state index in [-0.39, 0.29) is 22.6 Å². The maximum absolute atomic E-state index is 12.5. The lowest BCUT2D eigenvalue weighted by molar-refractivity contribution is -0.384. The Kier molecular flexibility index (Phi) is 11.9. The largest absolute Gasteiger partial charge is 0.573 e. The first-order chi connectivity index (χ1) is 23.3. The average Bonchev–Trinajstić information content (AvgIpc) is 3.62. The Morgan fingerprint density at radius 3 is 2.37 bits per heavy atom. The van der Waals surface area contributed by atoms with Crippen molar-refractivity contribution in [2.45, 2.75) is 12.9 Å². The number of ether oxygens (including phenoxy) is 4. The molecule has 0 aliphatic heterocycles. The number of anilines is 3. The predicted octanol–water partition coefficient (Wildman–Crippen LogP) is 6.07. The first kappa shape index (κ1) is 36.3. The number of nitro groups is 1. The zero-order valence-electron chi connectivity index (χ0n) is 26.1. The van der Waals surface area contributed by atoms with E-state index in [4.69, 9.17) is 9.47 Å². The highest BCUT2D eigenvalue weighted by Crippen LogP contribution is 2.33. The molecule has 0 radical (unpaired) electrons. The summed E-state index contributed by atoms with van der Waals surface area (Å²) in [4.78, 5) is 41.7. The Balaban J connectivity index is 0.000000257. The molecule has 3 aromatic carbocycles. The first-order valence-electron chi connectivity index (χ1n) is 14.1. The number of imidazole rings is 1. The quantitative estimate of drug-likeness (QED) is 0.0554. The van der Waals surface area contributed by atoms with Gasteiger partial charge in [0.05, 0.1) is 57.6 Å². The number of nitro benzene ring substituents is 1. The van der Waals surface area contributed by atoms with Crippen LogP contribution >= 0.6 is 11.3 Å². The van der Waals surface area contributed by atoms with Crippen molar-refractivity contribution in [1.29, 1.82) is 0 Å². The molecule has 2 heterocycles. The molecule has 0 saturated carbocycles. The van der Waals surface area contributed by atoms with E-state index in [0.29, 0.717) is 64.3 Å². The number of benzene rings is 3. The van der Waals surface area contributed by atoms with E-state index in [2.05, 4.69) is 30.1 Å². The number of carbonyl (C=O) groups is 2. The van der Waals surface area contributed by atoms with Crippen LogP contribution in [0.25, 0.3) is 21.3 Å². The van der Waals surface area contributed by atoms with Gasteiger partial charge in [-0.05, 0) is 42.5 Å². The van der Waals surface area contributed by atoms with Crippen molar-refractivity contribution >= 4 is 67.0 Å². The van der Waals surface area contributed by atoms with E-state index in [1.54, 1.807) is 13.2 Å². The van der Waals surface area contributed by atoms with Crippen LogP contribution in [0.3, 0.4) is 0 Å². The van der Waals surface area contributed by atoms with Crippen LogP contribution in [0, 0.1) is 10.1 Å². The van der Waals surface area contributed by atoms with Gasteiger partial charge >= 0.3 is 18.3 Å². The van der Waals surface area contributed by atoms with Gasteiger partial charge in [-0.25, -0.2) is 19.6 Å². The van der Waals surface area contributed by atoms with E-state index in [9.17, 15) is 38.0 Å². The van der Waals surface area contributed by atoms with Gasteiger partial charge < -0.3 is 39.3 Å². The monoisotopic (exact) mass is 706 g/mol. The lowest BCUT2D eigenvalue weighted by atomic mass is 10.1. The molecule has 49 heavy (non-hydrogen) atoms. The predicted molar refractivity (Wildman–Crippen MR) is 173 cm³/mol. The third-order valence-electron chi connectivity index (χ3n) is 6.56. The number of rotatable bonds is 13. The van der Waals surface area contributed by atoms with Gasteiger partial charge in [0.15, 0.2) is 5.13 Å². The van der Waals surface area contributed by atoms with Crippen LogP contribution in [0.5, 0.6) is 5.75 Å². The molecule has 0 saturated heterocycles. The summed E-state index contributed by atoms with van der Waals surface area (Å²) < 4.78 is 58.1. The van der Waals surface area contributed by atoms with Gasteiger partial charge in [0.25, 0.3) is 5.69 Å². The summed E-state index contributed by atoms with van der Waals surface area (Å²) in [6, 6.07) is 12.6. The number of fused-ring (bicyclic) bond motifs is 2. The second-order valence-electron chi connectivity index (χ2n) is 9.81. The summed E-state index contributed by atoms with van der Waals surface area (Å²) >= 11 is 1.13. The molecule has 2 aromatic heterocycles. The maximum atomic E-state index is 12.5. The van der Waals surface area contributed by atoms with Crippen LogP contribution in [0.4, 0.5) is 35.6 Å². The molecular weight excluding hydrogens is 677 g/mol. The molecule has 5 aromatic rings. The van der Waals surface area contributed by atoms with Crippen molar-refractivity contribution < 1.29 is 51.7 Å². The SMILES string of the molecule is COCCNc1ccc(C(=O)OC)cc1[N+](=O)[O-].COCCn1c(Nc2nc3ccc(OC(F)(F)F)cc3s2)nc2cc(C(=O)O)ccc21. The summed E-state index contributed by atoms with van der Waals surface area (Å²) in [6.45, 7) is 1.69. The summed E-state index contributed by atoms with van der Waals surface area (Å²) in [5, 5.41) is 26.5. The van der Waals surface area contributed by atoms with E-state index in [1.165, 1.54) is 62.8 Å². The molecule has 15 nitrogen and oxygen atoms in total. The van der Waals surface area contributed by atoms with Crippen molar-refractivity contribution in [3.05, 3.63) is 75.8 Å². The van der Waals surface area contributed by atoms with Crippen molar-refractivity contribution in [2.24, 2.45) is 0 Å². The topological polar surface area (TPSA) is 189 Å². The number of carboxylic acids is 1. The minimum Gasteiger partial charge on any atom is -0.478 e. The summed E-state index contributed by atoms with van der Waals surface area (Å²) in [5.41, 5.74) is 2.08. The zero-order chi connectivity index (χ0) is 35.7. The molecule has 0 aliphatic carbocycles. The number of hydrogen-bond donors (Lipinski definition) is 3. The van der Waals surface area contributed by atoms with Gasteiger partial charge in [0.2, 0.25) is 5.95 Å². The molecule has 0 amide bonds. The number of nitrogens with zero attached hydrogens (tertiary/aromatic N) is 4. The second kappa shape index (κ2) is 16.0. The van der Waals surface area contributed by atoms with Gasteiger partial charge in [0, 0.05) is 39.4 Å². The van der Waals surface area contributed by atoms with Crippen LogP contribution in [-0.4, -0.2) is 84.0 Å². The fourth-order valence-electron chi connectivity index (χ4n) is 4.38. The van der Waals surface area contributed by atoms with Crippen LogP contribution in [-0.2, 0) is 20.8 Å². The molecule has 0 fully saturated rings. The van der Waals surface area contributed by atoms with Gasteiger partial charge in [-0.2, -0.15) is 0 Å². The highest BCUT2D eigenvalue weighted by Gasteiger charge is 2.31. The number of esters is 1. The third-order valence-corrected chi connectivity index (χ3v) is 7.50. The Labute approximate surface area is 279 Å². The van der Waals surface area contributed by atoms with Crippen molar-refractivity contribution in [1.82, 2.24) is 14.5 Å². The lowest BCUT2D eigenvalue weighted by Crippen LogP contribution is -2.16. The van der Waals surface area contributed by atoms with E-state index >= 15 is 0 Å². The van der Waals surface area contributed by atoms with E-state index in [1.807, 2.05) is 4.57 Å². The van der Waals surface area contributed by atoms with Gasteiger partial charge in [-0.1, -0.05) is 11.3 Å². The van der Waals surface area contributed by atoms with Crippen LogP contribution in [0.15, 0.2) is 54.6 Å². The highest BCUT2D eigenvalue weighted by molar-refractivity contribution is 7.22. The Morgan fingerprint density at radius 1 is 0.980 bits per heavy atom. The van der Waals surface area contributed by atoms with Crippen molar-refractivity contribution in [3.8, 4) is 5.75 Å². The van der Waals surface area contributed by atoms with Gasteiger partial charge in [-0.15, -0.1) is 13.2 Å². The second-order valence-corrected chi connectivity index (χ2v) is 10.8. The van der Waals surface area contributed by atoms with E-state index in [0.717, 1.165) is 11.3 Å². The standard InChI is InChI=1S/C19H15F3N4O4S.C11H14N2O5/c1-29-7-6-26-14-5-2-10(16(27)28)8-13(14)23-17(26)25-18-24-12-4-3-11(9-15(12)31-18)30-19(20,21)22;1-17-6-5-12-9-4-3-8(11(14)18-2)7-10(9)13(15)16/h2-5,8-9H,6-7H2,1H3,(H,27,28)(H,23,24,25);3-4,7,12H,5-6H2,1-2H3. The first-order valence-corrected chi connectivity index (χ1v) is 14.9. The van der Waals surface area contributed by atoms with Crippen LogP contribution in [0.1, 0.15) is 20.7 Å². The van der Waals surface area contributed by atoms with E-state index < -0.39 is 23.2 Å². The number of aromatic carboxylic acids is 1. The molecule has 0 unspecified atom stereocenters. The Morgan fingerprint density at radius 2 is 1.71 bits per heavy atom. The average molecular weight is 707 g/mol. The molecule has 0 aliphatic rings. The smallest absolute Gasteiger partial charge is 0.478 e. The molecule has 260 valence electrons. The summed E-state index contributed by atoms with van der Waals surface area (Å²) in [5.74, 6) is -1.60. The minimum absolute atomic E-state index is 0.104. The lowest BCUT2D eigenvalue weighted by Gasteiger charge is -2.08. The number of thiazole rings is 1. The van der Waals surface area contributed by atoms with Crippen LogP contribution < -0.4 is 15.4 Å². The molecule has 0 bridgehead atoms. The number of carbonyl (C=O) groups excluding carboxylic acids is 1. The molecule has 3 N–H and O–H groups in total. The number of alkyl halides is 3. The molecule has 0 atom stereocenters. The fourth-order valence-corrected chi connectivity index (χ4v) is 5.27. The number of nitrogens with one attached hydrogen (secondary N) is 2. The highest BCUT2D eigenvalue weighted by atomic mass is 32.1.